The Morgan fingerprint density at radius 1 is 1.67 bits per heavy atom. The highest BCUT2D eigenvalue weighted by Gasteiger charge is 1.97. The fourth-order valence-corrected chi connectivity index (χ4v) is 0.462. The average Bonchev–Trinajstić information content (AvgIpc) is 2.10. The molecule has 0 aromatic carbocycles. The number of aliphatic imine (C=N–C) groups is 1. The van der Waals surface area contributed by atoms with E-state index in [1.54, 1.807) is 0 Å². The number of guanidine groups is 1. The molecule has 0 heterocycles. The molecule has 0 aromatic rings. The number of carbonyl (C=O) groups is 1. The zero-order valence-corrected chi connectivity index (χ0v) is 6.92. The summed E-state index contributed by atoms with van der Waals surface area (Å²) >= 11 is 0. The first-order valence-corrected chi connectivity index (χ1v) is 3.37. The summed E-state index contributed by atoms with van der Waals surface area (Å²) in [5.74, 6) is 2.30. The lowest BCUT2D eigenvalue weighted by atomic mass is 10.5. The number of nitrogens with zero attached hydrogens (tertiary/aromatic N) is 1. The van der Waals surface area contributed by atoms with Crippen LogP contribution in [0.2, 0.25) is 0 Å². The molecule has 0 bridgehead atoms. The van der Waals surface area contributed by atoms with Gasteiger partial charge in [0.2, 0.25) is 5.91 Å². The van der Waals surface area contributed by atoms with Gasteiger partial charge in [0, 0.05) is 7.05 Å². The van der Waals surface area contributed by atoms with E-state index in [1.807, 2.05) is 0 Å². The summed E-state index contributed by atoms with van der Waals surface area (Å²) in [5.41, 5.74) is 5.27. The van der Waals surface area contributed by atoms with E-state index < -0.39 is 0 Å². The lowest BCUT2D eigenvalue weighted by Gasteiger charge is -2.03. The van der Waals surface area contributed by atoms with Crippen molar-refractivity contribution < 1.29 is 4.79 Å². The Morgan fingerprint density at radius 3 is 2.83 bits per heavy atom. The highest BCUT2D eigenvalue weighted by molar-refractivity contribution is 5.85. The van der Waals surface area contributed by atoms with E-state index >= 15 is 0 Å². The van der Waals surface area contributed by atoms with Crippen molar-refractivity contribution in [3.8, 4) is 12.3 Å². The molecule has 4 N–H and O–H groups in total. The minimum Gasteiger partial charge on any atom is -0.370 e. The van der Waals surface area contributed by atoms with Crippen LogP contribution < -0.4 is 16.4 Å². The Hall–Kier alpha value is -1.70. The quantitative estimate of drug-likeness (QED) is 0.266. The maximum atomic E-state index is 10.8. The SMILES string of the molecule is C#CCNC(=O)CNC(N)=NC. The molecule has 0 saturated heterocycles. The van der Waals surface area contributed by atoms with Crippen LogP contribution in [0.1, 0.15) is 0 Å². The average molecular weight is 168 g/mol. The minimum absolute atomic E-state index is 0.0881. The van der Waals surface area contributed by atoms with Crippen LogP contribution in [0.25, 0.3) is 0 Å². The summed E-state index contributed by atoms with van der Waals surface area (Å²) in [6.07, 6.45) is 4.93. The number of terminal acetylenes is 1. The standard InChI is InChI=1S/C7H12N4O/c1-3-4-10-6(12)5-11-7(8)9-2/h1H,4-5H2,2H3,(H,10,12)(H3,8,9,11). The number of nitrogens with two attached hydrogens (primary N) is 1. The molecule has 0 atom stereocenters. The van der Waals surface area contributed by atoms with Crippen LogP contribution >= 0.6 is 0 Å². The molecular formula is C7H12N4O. The molecule has 0 rings (SSSR count). The van der Waals surface area contributed by atoms with E-state index in [9.17, 15) is 4.79 Å². The first-order valence-electron chi connectivity index (χ1n) is 3.37. The van der Waals surface area contributed by atoms with Crippen molar-refractivity contribution in [2.45, 2.75) is 0 Å². The van der Waals surface area contributed by atoms with Gasteiger partial charge in [0.05, 0.1) is 13.1 Å². The Morgan fingerprint density at radius 2 is 2.33 bits per heavy atom. The summed E-state index contributed by atoms with van der Waals surface area (Å²) in [6.45, 7) is 0.314. The number of hydrogen-bond donors (Lipinski definition) is 3. The molecule has 66 valence electrons. The highest BCUT2D eigenvalue weighted by Crippen LogP contribution is 1.64. The first-order chi connectivity index (χ1) is 5.70. The molecule has 12 heavy (non-hydrogen) atoms. The number of hydrogen-bond acceptors (Lipinski definition) is 2. The van der Waals surface area contributed by atoms with Gasteiger partial charge in [0.1, 0.15) is 0 Å². The molecule has 0 aliphatic carbocycles. The molecule has 0 unspecified atom stereocenters. The largest absolute Gasteiger partial charge is 0.370 e. The second-order valence-corrected chi connectivity index (χ2v) is 1.94. The van der Waals surface area contributed by atoms with Gasteiger partial charge in [-0.2, -0.15) is 0 Å². The van der Waals surface area contributed by atoms with Gasteiger partial charge in [-0.05, 0) is 0 Å². The Balaban J connectivity index is 3.52. The Bertz CT molecular complexity index is 216. The lowest BCUT2D eigenvalue weighted by Crippen LogP contribution is -2.40. The van der Waals surface area contributed by atoms with Gasteiger partial charge < -0.3 is 16.4 Å². The smallest absolute Gasteiger partial charge is 0.240 e. The van der Waals surface area contributed by atoms with Crippen molar-refractivity contribution in [3.63, 3.8) is 0 Å². The topological polar surface area (TPSA) is 79.5 Å². The summed E-state index contributed by atoms with van der Waals surface area (Å²) in [6, 6.07) is 0. The van der Waals surface area contributed by atoms with Crippen LogP contribution in [0.3, 0.4) is 0 Å². The van der Waals surface area contributed by atoms with Gasteiger partial charge >= 0.3 is 0 Å². The molecule has 0 aliphatic heterocycles. The lowest BCUT2D eigenvalue weighted by molar-refractivity contribution is -0.119. The third-order valence-electron chi connectivity index (χ3n) is 1.06. The van der Waals surface area contributed by atoms with Crippen LogP contribution in [-0.4, -0.2) is 32.0 Å². The van der Waals surface area contributed by atoms with Gasteiger partial charge in [0.15, 0.2) is 5.96 Å². The third-order valence-corrected chi connectivity index (χ3v) is 1.06. The monoisotopic (exact) mass is 168 g/mol. The molecule has 5 heteroatoms. The van der Waals surface area contributed by atoms with Crippen molar-refractivity contribution in [3.05, 3.63) is 0 Å². The zero-order chi connectivity index (χ0) is 9.40. The number of amides is 1. The molecule has 1 amide bonds. The molecule has 0 aromatic heterocycles. The molecule has 0 aliphatic rings. The van der Waals surface area contributed by atoms with Gasteiger partial charge in [0.25, 0.3) is 0 Å². The number of nitrogens with one attached hydrogen (secondary N) is 2. The van der Waals surface area contributed by atoms with Crippen LogP contribution in [0.15, 0.2) is 4.99 Å². The van der Waals surface area contributed by atoms with Crippen molar-refractivity contribution in [1.29, 1.82) is 0 Å². The van der Waals surface area contributed by atoms with Crippen LogP contribution in [0.5, 0.6) is 0 Å². The highest BCUT2D eigenvalue weighted by atomic mass is 16.1. The van der Waals surface area contributed by atoms with Crippen LogP contribution in [0.4, 0.5) is 0 Å². The minimum atomic E-state index is -0.209. The van der Waals surface area contributed by atoms with Crippen molar-refractivity contribution in [1.82, 2.24) is 10.6 Å². The van der Waals surface area contributed by atoms with E-state index in [0.29, 0.717) is 0 Å². The normalized spacial score (nSPS) is 10.2. The maximum Gasteiger partial charge on any atom is 0.240 e. The molecule has 0 spiro atoms. The van der Waals surface area contributed by atoms with Crippen molar-refractivity contribution >= 4 is 11.9 Å². The summed E-state index contributed by atoms with van der Waals surface area (Å²) < 4.78 is 0. The van der Waals surface area contributed by atoms with Crippen molar-refractivity contribution in [2.24, 2.45) is 10.7 Å². The third kappa shape index (κ3) is 5.11. The van der Waals surface area contributed by atoms with E-state index in [-0.39, 0.29) is 25.0 Å². The fourth-order valence-electron chi connectivity index (χ4n) is 0.462. The predicted molar refractivity (Wildman–Crippen MR) is 47.4 cm³/mol. The van der Waals surface area contributed by atoms with Gasteiger partial charge in [-0.25, -0.2) is 0 Å². The van der Waals surface area contributed by atoms with E-state index in [4.69, 9.17) is 12.2 Å². The molecule has 0 fully saturated rings. The van der Waals surface area contributed by atoms with Gasteiger partial charge in [-0.1, -0.05) is 5.92 Å². The fraction of sp³-hybridized carbons (Fsp3) is 0.429. The zero-order valence-electron chi connectivity index (χ0n) is 6.92. The van der Waals surface area contributed by atoms with Gasteiger partial charge in [-0.15, -0.1) is 6.42 Å². The van der Waals surface area contributed by atoms with Gasteiger partial charge in [-0.3, -0.25) is 9.79 Å². The van der Waals surface area contributed by atoms with Crippen LogP contribution in [-0.2, 0) is 4.79 Å². The summed E-state index contributed by atoms with van der Waals surface area (Å²) in [4.78, 5) is 14.4. The van der Waals surface area contributed by atoms with E-state index in [1.165, 1.54) is 7.05 Å². The second kappa shape index (κ2) is 6.04. The summed E-state index contributed by atoms with van der Waals surface area (Å²) in [5, 5.41) is 5.05. The predicted octanol–water partition coefficient (Wildman–Crippen LogP) is -1.73. The molecule has 5 nitrogen and oxygen atoms in total. The number of rotatable bonds is 3. The molecular weight excluding hydrogens is 156 g/mol. The number of carbonyl (C=O) groups excluding carboxylic acids is 1. The Labute approximate surface area is 71.4 Å². The van der Waals surface area contributed by atoms with Crippen LogP contribution in [0, 0.1) is 12.3 Å². The molecule has 0 radical (unpaired) electrons. The van der Waals surface area contributed by atoms with Crippen molar-refractivity contribution in [2.75, 3.05) is 20.1 Å². The Kier molecular flexibility index (Phi) is 5.18. The van der Waals surface area contributed by atoms with E-state index in [0.717, 1.165) is 0 Å². The molecule has 0 saturated carbocycles. The first kappa shape index (κ1) is 10.3. The maximum absolute atomic E-state index is 10.8. The second-order valence-electron chi connectivity index (χ2n) is 1.94. The summed E-state index contributed by atoms with van der Waals surface area (Å²) in [7, 11) is 1.53. The van der Waals surface area contributed by atoms with E-state index in [2.05, 4.69) is 21.5 Å².